The maximum absolute atomic E-state index is 12.4. The summed E-state index contributed by atoms with van der Waals surface area (Å²) in [5, 5.41) is 3.07. The third-order valence-corrected chi connectivity index (χ3v) is 4.84. The molecule has 1 aromatic carbocycles. The van der Waals surface area contributed by atoms with Crippen LogP contribution in [0.25, 0.3) is 0 Å². The van der Waals surface area contributed by atoms with Crippen LogP contribution < -0.4 is 5.32 Å². The molecule has 1 aliphatic rings. The number of likely N-dealkylation sites (tertiary alicyclic amines) is 1. The lowest BCUT2D eigenvalue weighted by molar-refractivity contribution is 0.0895. The van der Waals surface area contributed by atoms with E-state index in [-0.39, 0.29) is 11.9 Å². The molecule has 0 aliphatic carbocycles. The molecule has 1 saturated heterocycles. The number of amides is 1. The van der Waals surface area contributed by atoms with Gasteiger partial charge in [-0.1, -0.05) is 25.1 Å². The van der Waals surface area contributed by atoms with Gasteiger partial charge in [0, 0.05) is 12.1 Å². The Balaban J connectivity index is 1.69. The highest BCUT2D eigenvalue weighted by molar-refractivity contribution is 5.94. The average molecular weight is 326 g/mol. The molecule has 1 amide bonds. The van der Waals surface area contributed by atoms with Crippen LogP contribution in [0.3, 0.4) is 0 Å². The first-order chi connectivity index (χ1) is 11.6. The third kappa shape index (κ3) is 4.06. The Morgan fingerprint density at radius 2 is 1.92 bits per heavy atom. The molecule has 3 rings (SSSR count). The predicted octanol–water partition coefficient (Wildman–Crippen LogP) is 3.79. The lowest BCUT2D eigenvalue weighted by Crippen LogP contribution is -2.41. The normalized spacial score (nSPS) is 17.6. The van der Waals surface area contributed by atoms with E-state index in [0.717, 1.165) is 30.5 Å². The van der Waals surface area contributed by atoms with Crippen molar-refractivity contribution in [3.63, 3.8) is 0 Å². The summed E-state index contributed by atoms with van der Waals surface area (Å²) in [6.07, 6.45) is 2.39. The zero-order chi connectivity index (χ0) is 16.9. The Hall–Kier alpha value is -2.07. The van der Waals surface area contributed by atoms with E-state index in [1.807, 2.05) is 49.4 Å². The van der Waals surface area contributed by atoms with Crippen LogP contribution in [-0.2, 0) is 0 Å². The standard InChI is InChI=1S/C20H26N2O2/c1-15-10-12-22(13-11-15)18(19-9-8-16(2)24-19)14-21-20(23)17-6-4-3-5-7-17/h3-9,15,18H,10-14H2,1-2H3,(H,21,23)/t18-/m1/s1. The van der Waals surface area contributed by atoms with Crippen LogP contribution >= 0.6 is 0 Å². The van der Waals surface area contributed by atoms with Crippen molar-refractivity contribution in [1.29, 1.82) is 0 Å². The fraction of sp³-hybridized carbons (Fsp3) is 0.450. The molecule has 0 saturated carbocycles. The van der Waals surface area contributed by atoms with Crippen molar-refractivity contribution < 1.29 is 9.21 Å². The minimum absolute atomic E-state index is 0.0331. The highest BCUT2D eigenvalue weighted by Gasteiger charge is 2.27. The number of nitrogens with zero attached hydrogens (tertiary/aromatic N) is 1. The molecule has 4 heteroatoms. The number of rotatable bonds is 5. The number of carbonyl (C=O) groups is 1. The van der Waals surface area contributed by atoms with Gasteiger partial charge < -0.3 is 9.73 Å². The molecule has 1 atom stereocenters. The maximum Gasteiger partial charge on any atom is 0.251 e. The molecule has 1 aromatic heterocycles. The van der Waals surface area contributed by atoms with E-state index in [9.17, 15) is 4.79 Å². The van der Waals surface area contributed by atoms with Gasteiger partial charge in [-0.3, -0.25) is 9.69 Å². The van der Waals surface area contributed by atoms with E-state index in [2.05, 4.69) is 17.1 Å². The molecule has 24 heavy (non-hydrogen) atoms. The summed E-state index contributed by atoms with van der Waals surface area (Å²) in [6.45, 7) is 6.93. The van der Waals surface area contributed by atoms with Gasteiger partial charge in [-0.05, 0) is 63.0 Å². The smallest absolute Gasteiger partial charge is 0.251 e. The van der Waals surface area contributed by atoms with Gasteiger partial charge in [0.15, 0.2) is 0 Å². The number of piperidine rings is 1. The van der Waals surface area contributed by atoms with Crippen molar-refractivity contribution in [3.05, 3.63) is 59.5 Å². The Morgan fingerprint density at radius 3 is 2.54 bits per heavy atom. The molecule has 4 nitrogen and oxygen atoms in total. The molecule has 1 N–H and O–H groups in total. The second kappa shape index (κ2) is 7.67. The molecule has 1 aliphatic heterocycles. The summed E-state index contributed by atoms with van der Waals surface area (Å²) >= 11 is 0. The van der Waals surface area contributed by atoms with Crippen molar-refractivity contribution in [2.24, 2.45) is 5.92 Å². The van der Waals surface area contributed by atoms with Gasteiger partial charge in [0.05, 0.1) is 6.04 Å². The molecule has 2 heterocycles. The van der Waals surface area contributed by atoms with Gasteiger partial charge in [-0.15, -0.1) is 0 Å². The Labute approximate surface area is 143 Å². The Bertz CT molecular complexity index is 657. The zero-order valence-corrected chi connectivity index (χ0v) is 14.5. The fourth-order valence-corrected chi connectivity index (χ4v) is 3.26. The van der Waals surface area contributed by atoms with Crippen LogP contribution in [0.4, 0.5) is 0 Å². The van der Waals surface area contributed by atoms with Crippen LogP contribution in [0.2, 0.25) is 0 Å². The van der Waals surface area contributed by atoms with Crippen molar-refractivity contribution in [3.8, 4) is 0 Å². The Kier molecular flexibility index (Phi) is 5.36. The van der Waals surface area contributed by atoms with Gasteiger partial charge in [0.2, 0.25) is 0 Å². The molecule has 128 valence electrons. The second-order valence-electron chi connectivity index (χ2n) is 6.76. The van der Waals surface area contributed by atoms with Gasteiger partial charge >= 0.3 is 0 Å². The van der Waals surface area contributed by atoms with Gasteiger partial charge in [-0.25, -0.2) is 0 Å². The summed E-state index contributed by atoms with van der Waals surface area (Å²) in [7, 11) is 0. The lowest BCUT2D eigenvalue weighted by atomic mass is 9.97. The largest absolute Gasteiger partial charge is 0.465 e. The number of hydrogen-bond acceptors (Lipinski definition) is 3. The number of aryl methyl sites for hydroxylation is 1. The summed E-state index contributed by atoms with van der Waals surface area (Å²) in [5.41, 5.74) is 0.694. The van der Waals surface area contributed by atoms with E-state index in [0.29, 0.717) is 12.1 Å². The summed E-state index contributed by atoms with van der Waals surface area (Å²) in [4.78, 5) is 14.8. The van der Waals surface area contributed by atoms with Crippen LogP contribution in [-0.4, -0.2) is 30.4 Å². The van der Waals surface area contributed by atoms with E-state index in [4.69, 9.17) is 4.42 Å². The zero-order valence-electron chi connectivity index (χ0n) is 14.5. The van der Waals surface area contributed by atoms with Gasteiger partial charge in [-0.2, -0.15) is 0 Å². The highest BCUT2D eigenvalue weighted by Crippen LogP contribution is 2.27. The first-order valence-electron chi connectivity index (χ1n) is 8.77. The SMILES string of the molecule is Cc1ccc([C@@H](CNC(=O)c2ccccc2)N2CCC(C)CC2)o1. The minimum Gasteiger partial charge on any atom is -0.465 e. The average Bonchev–Trinajstić information content (AvgIpc) is 3.03. The topological polar surface area (TPSA) is 45.5 Å². The van der Waals surface area contributed by atoms with Gasteiger partial charge in [0.25, 0.3) is 5.91 Å². The van der Waals surface area contributed by atoms with Crippen LogP contribution in [0.5, 0.6) is 0 Å². The molecule has 0 unspecified atom stereocenters. The highest BCUT2D eigenvalue weighted by atomic mass is 16.3. The Morgan fingerprint density at radius 1 is 1.21 bits per heavy atom. The lowest BCUT2D eigenvalue weighted by Gasteiger charge is -2.35. The third-order valence-electron chi connectivity index (χ3n) is 4.84. The molecular formula is C20H26N2O2. The van der Waals surface area contributed by atoms with E-state index >= 15 is 0 Å². The second-order valence-corrected chi connectivity index (χ2v) is 6.76. The van der Waals surface area contributed by atoms with Crippen LogP contribution in [0, 0.1) is 12.8 Å². The number of benzene rings is 1. The molecule has 0 radical (unpaired) electrons. The van der Waals surface area contributed by atoms with Gasteiger partial charge in [0.1, 0.15) is 11.5 Å². The molecule has 0 bridgehead atoms. The maximum atomic E-state index is 12.4. The number of furan rings is 1. The minimum atomic E-state index is -0.0331. The molecule has 0 spiro atoms. The number of hydrogen-bond donors (Lipinski definition) is 1. The number of nitrogens with one attached hydrogen (secondary N) is 1. The molecular weight excluding hydrogens is 300 g/mol. The first kappa shape index (κ1) is 16.8. The number of carbonyl (C=O) groups excluding carboxylic acids is 1. The summed E-state index contributed by atoms with van der Waals surface area (Å²) in [6, 6.07) is 13.5. The van der Waals surface area contributed by atoms with Crippen molar-refractivity contribution in [2.45, 2.75) is 32.7 Å². The van der Waals surface area contributed by atoms with Crippen LogP contribution in [0.15, 0.2) is 46.9 Å². The fourth-order valence-electron chi connectivity index (χ4n) is 3.26. The molecule has 1 fully saturated rings. The monoisotopic (exact) mass is 326 g/mol. The van der Waals surface area contributed by atoms with Crippen molar-refractivity contribution in [2.75, 3.05) is 19.6 Å². The van der Waals surface area contributed by atoms with Crippen molar-refractivity contribution in [1.82, 2.24) is 10.2 Å². The first-order valence-corrected chi connectivity index (χ1v) is 8.77. The summed E-state index contributed by atoms with van der Waals surface area (Å²) in [5.74, 6) is 2.60. The van der Waals surface area contributed by atoms with Crippen molar-refractivity contribution >= 4 is 5.91 Å². The van der Waals surface area contributed by atoms with E-state index in [1.165, 1.54) is 12.8 Å². The van der Waals surface area contributed by atoms with Crippen LogP contribution in [0.1, 0.15) is 47.7 Å². The van der Waals surface area contributed by atoms with E-state index < -0.39 is 0 Å². The summed E-state index contributed by atoms with van der Waals surface area (Å²) < 4.78 is 5.87. The predicted molar refractivity (Wildman–Crippen MR) is 94.9 cm³/mol. The molecule has 2 aromatic rings. The quantitative estimate of drug-likeness (QED) is 0.909. The van der Waals surface area contributed by atoms with E-state index in [1.54, 1.807) is 0 Å².